The van der Waals surface area contributed by atoms with E-state index in [-0.39, 0.29) is 17.7 Å². The highest BCUT2D eigenvalue weighted by Crippen LogP contribution is 2.34. The number of hydrogen-bond acceptors (Lipinski definition) is 12. The summed E-state index contributed by atoms with van der Waals surface area (Å²) in [5.74, 6) is 2.26. The van der Waals surface area contributed by atoms with Gasteiger partial charge in [-0.05, 0) is 136 Å². The molecule has 4 heterocycles. The van der Waals surface area contributed by atoms with E-state index in [1.54, 1.807) is 76.9 Å². The molecule has 0 unspecified atom stereocenters. The van der Waals surface area contributed by atoms with Crippen molar-refractivity contribution < 1.29 is 38.4 Å². The number of phenolic OH excluding ortho intramolecular Hbond substituents is 1. The van der Waals surface area contributed by atoms with Gasteiger partial charge in [-0.3, -0.25) is 0 Å². The van der Waals surface area contributed by atoms with Crippen LogP contribution in [0.1, 0.15) is 45.7 Å². The van der Waals surface area contributed by atoms with Gasteiger partial charge in [-0.25, -0.2) is 28.9 Å². The fraction of sp³-hybridized carbons (Fsp3) is 0.174. The molecular formula is C46H41Br2ClN6O8. The molecule has 8 rings (SSSR count). The molecule has 4 aromatic carbocycles. The average Bonchev–Trinajstić information content (AvgIpc) is 3.80. The first kappa shape index (κ1) is 46.0. The summed E-state index contributed by atoms with van der Waals surface area (Å²) in [6.45, 7) is 5.39. The van der Waals surface area contributed by atoms with Crippen molar-refractivity contribution in [3.63, 3.8) is 0 Å². The number of aromatic hydroxyl groups is 1. The van der Waals surface area contributed by atoms with E-state index in [1.807, 2.05) is 57.9 Å². The van der Waals surface area contributed by atoms with Crippen LogP contribution in [-0.2, 0) is 22.6 Å². The topological polar surface area (TPSA) is 162 Å². The molecule has 0 aliphatic heterocycles. The Balaban J connectivity index is 0.000000176. The zero-order valence-corrected chi connectivity index (χ0v) is 38.4. The van der Waals surface area contributed by atoms with Gasteiger partial charge < -0.3 is 28.8 Å². The predicted octanol–water partition coefficient (Wildman–Crippen LogP) is 10.7. The van der Waals surface area contributed by atoms with E-state index in [9.17, 15) is 9.59 Å². The van der Waals surface area contributed by atoms with E-state index >= 15 is 0 Å². The van der Waals surface area contributed by atoms with Crippen molar-refractivity contribution in [1.29, 1.82) is 0 Å². The largest absolute Gasteiger partial charge is 0.508 e. The van der Waals surface area contributed by atoms with Crippen LogP contribution >= 0.6 is 43.5 Å². The first-order chi connectivity index (χ1) is 30.5. The number of esters is 2. The van der Waals surface area contributed by atoms with Gasteiger partial charge in [0.25, 0.3) is 0 Å². The highest BCUT2D eigenvalue weighted by molar-refractivity contribution is 9.10. The second kappa shape index (κ2) is 22.0. The minimum Gasteiger partial charge on any atom is -0.508 e. The molecule has 0 spiro atoms. The number of hydrogen-bond donors (Lipinski definition) is 1. The number of aromatic nitrogens is 6. The van der Waals surface area contributed by atoms with Crippen LogP contribution in [0.2, 0.25) is 5.02 Å². The summed E-state index contributed by atoms with van der Waals surface area (Å²) in [7, 11) is 3.29. The van der Waals surface area contributed by atoms with Crippen LogP contribution in [0.4, 0.5) is 0 Å². The molecule has 0 fully saturated rings. The van der Waals surface area contributed by atoms with Crippen LogP contribution in [0.25, 0.3) is 22.1 Å². The first-order valence-corrected chi connectivity index (χ1v) is 21.3. The van der Waals surface area contributed by atoms with Crippen molar-refractivity contribution in [3.8, 4) is 28.7 Å². The summed E-state index contributed by atoms with van der Waals surface area (Å²) in [5.41, 5.74) is 4.57. The van der Waals surface area contributed by atoms with E-state index in [0.717, 1.165) is 39.0 Å². The highest BCUT2D eigenvalue weighted by Gasteiger charge is 2.17. The molecular weight excluding hydrogens is 960 g/mol. The molecule has 0 atom stereocenters. The van der Waals surface area contributed by atoms with Crippen molar-refractivity contribution in [2.24, 2.45) is 0 Å². The minimum atomic E-state index is -0.363. The van der Waals surface area contributed by atoms with Crippen LogP contribution in [0.3, 0.4) is 0 Å². The third-order valence-corrected chi connectivity index (χ3v) is 10.5. The smallest absolute Gasteiger partial charge is 0.338 e. The molecule has 0 radical (unpaired) electrons. The first-order valence-electron chi connectivity index (χ1n) is 19.4. The number of fused-ring (bicyclic) bond motifs is 2. The van der Waals surface area contributed by atoms with Gasteiger partial charge in [0.1, 0.15) is 38.0 Å². The maximum Gasteiger partial charge on any atom is 0.338 e. The van der Waals surface area contributed by atoms with Crippen molar-refractivity contribution in [1.82, 2.24) is 29.5 Å². The lowest BCUT2D eigenvalue weighted by molar-refractivity contribution is 0.0516. The SMILES string of the molecule is CCOC(=O)c1ccc(O)cc1.CCOC(=O)c1ccc(Oc2ccnc3c2c(Br)nn3Cc2ccc(OC)cc2)cc1.COc1ccc(Cn2nc(Br)c3c(Cl)ccnc32)cc1. The third kappa shape index (κ3) is 11.9. The second-order valence-electron chi connectivity index (χ2n) is 13.2. The van der Waals surface area contributed by atoms with Crippen molar-refractivity contribution in [2.45, 2.75) is 26.9 Å². The van der Waals surface area contributed by atoms with E-state index in [4.69, 9.17) is 40.4 Å². The Kier molecular flexibility index (Phi) is 16.1. The molecule has 0 aliphatic carbocycles. The lowest BCUT2D eigenvalue weighted by Crippen LogP contribution is -2.04. The Labute approximate surface area is 384 Å². The lowest BCUT2D eigenvalue weighted by atomic mass is 10.2. The number of carbonyl (C=O) groups excluding carboxylic acids is 2. The number of benzene rings is 4. The second-order valence-corrected chi connectivity index (χ2v) is 15.1. The molecule has 8 aromatic rings. The molecule has 0 saturated carbocycles. The summed E-state index contributed by atoms with van der Waals surface area (Å²) < 4.78 is 31.2. The standard InChI is InChI=1S/C23H20BrN3O4.C14H11BrClN3O.C9H10O3/c1-3-30-23(28)16-6-10-18(11-7-16)31-19-12-13-25-22-20(19)21(24)26-27(22)14-15-4-8-17(29-2)9-5-15;1-20-10-4-2-9(3-5-10)8-19-14-12(13(15)18-19)11(16)6-7-17-14;1-2-12-9(11)7-3-5-8(10)6-4-7/h4-13H,3,14H2,1-2H3;2-7H,8H2,1H3;3-6,10H,2H2,1H3. The number of halogens is 3. The highest BCUT2D eigenvalue weighted by atomic mass is 79.9. The van der Waals surface area contributed by atoms with E-state index in [0.29, 0.717) is 68.8 Å². The summed E-state index contributed by atoms with van der Waals surface area (Å²) in [6, 6.07) is 32.0. The number of methoxy groups -OCH3 is 2. The molecule has 63 heavy (non-hydrogen) atoms. The number of ether oxygens (including phenoxy) is 5. The summed E-state index contributed by atoms with van der Waals surface area (Å²) in [6.07, 6.45) is 3.37. The fourth-order valence-corrected chi connectivity index (χ4v) is 7.46. The quantitative estimate of drug-likeness (QED) is 0.116. The van der Waals surface area contributed by atoms with E-state index in [1.165, 1.54) is 24.3 Å². The molecule has 0 amide bonds. The van der Waals surface area contributed by atoms with Gasteiger partial charge in [-0.15, -0.1) is 0 Å². The van der Waals surface area contributed by atoms with Crippen molar-refractivity contribution >= 4 is 77.5 Å². The van der Waals surface area contributed by atoms with Crippen LogP contribution in [-0.4, -0.2) is 74.0 Å². The van der Waals surface area contributed by atoms with Crippen LogP contribution in [0.15, 0.2) is 131 Å². The molecule has 1 N–H and O–H groups in total. The Morgan fingerprint density at radius 3 is 1.51 bits per heavy atom. The van der Waals surface area contributed by atoms with Gasteiger partial charge in [0.05, 0.1) is 67.4 Å². The maximum atomic E-state index is 11.8. The van der Waals surface area contributed by atoms with E-state index in [2.05, 4.69) is 52.0 Å². The van der Waals surface area contributed by atoms with Gasteiger partial charge in [0.2, 0.25) is 0 Å². The van der Waals surface area contributed by atoms with E-state index < -0.39 is 0 Å². The summed E-state index contributed by atoms with van der Waals surface area (Å²) in [5, 5.41) is 20.2. The molecule has 4 aromatic heterocycles. The van der Waals surface area contributed by atoms with Gasteiger partial charge in [-0.2, -0.15) is 10.2 Å². The Morgan fingerprint density at radius 1 is 0.603 bits per heavy atom. The number of nitrogens with zero attached hydrogens (tertiary/aromatic N) is 6. The monoisotopic (exact) mass is 998 g/mol. The Hall–Kier alpha value is -6.49. The summed E-state index contributed by atoms with van der Waals surface area (Å²) >= 11 is 13.1. The van der Waals surface area contributed by atoms with Crippen molar-refractivity contribution in [2.75, 3.05) is 27.4 Å². The lowest BCUT2D eigenvalue weighted by Gasteiger charge is -2.08. The average molecular weight is 1000 g/mol. The predicted molar refractivity (Wildman–Crippen MR) is 246 cm³/mol. The Morgan fingerprint density at radius 2 is 1.03 bits per heavy atom. The normalized spacial score (nSPS) is 10.6. The van der Waals surface area contributed by atoms with Crippen LogP contribution in [0.5, 0.6) is 28.7 Å². The van der Waals surface area contributed by atoms with Gasteiger partial charge in [0, 0.05) is 18.5 Å². The zero-order chi connectivity index (χ0) is 44.9. The number of rotatable bonds is 12. The molecule has 17 heteroatoms. The Bertz CT molecular complexity index is 2780. The number of phenols is 1. The van der Waals surface area contributed by atoms with Gasteiger partial charge in [-0.1, -0.05) is 35.9 Å². The van der Waals surface area contributed by atoms with Crippen molar-refractivity contribution in [3.05, 3.63) is 158 Å². The van der Waals surface area contributed by atoms with Gasteiger partial charge in [0.15, 0.2) is 11.3 Å². The molecule has 0 saturated heterocycles. The van der Waals surface area contributed by atoms with Gasteiger partial charge >= 0.3 is 11.9 Å². The maximum absolute atomic E-state index is 11.8. The third-order valence-electron chi connectivity index (χ3n) is 9.05. The molecule has 14 nitrogen and oxygen atoms in total. The molecule has 0 aliphatic rings. The van der Waals surface area contributed by atoms with Crippen LogP contribution < -0.4 is 14.2 Å². The molecule has 0 bridgehead atoms. The zero-order valence-electron chi connectivity index (χ0n) is 34.5. The number of carbonyl (C=O) groups is 2. The molecule has 324 valence electrons. The number of pyridine rings is 2. The fourth-order valence-electron chi connectivity index (χ4n) is 5.97. The van der Waals surface area contributed by atoms with Crippen LogP contribution in [0, 0.1) is 0 Å². The summed E-state index contributed by atoms with van der Waals surface area (Å²) in [4.78, 5) is 31.7. The minimum absolute atomic E-state index is 0.142.